The van der Waals surface area contributed by atoms with Crippen molar-refractivity contribution in [2.75, 3.05) is 7.11 Å². The molecule has 1 atom stereocenters. The predicted molar refractivity (Wildman–Crippen MR) is 122 cm³/mol. The molecule has 0 heterocycles. The number of methoxy groups -OCH3 is 1. The molecule has 3 aromatic rings. The van der Waals surface area contributed by atoms with Crippen LogP contribution in [0.1, 0.15) is 27.9 Å². The highest BCUT2D eigenvalue weighted by molar-refractivity contribution is 8.13. The third-order valence-corrected chi connectivity index (χ3v) is 5.78. The molecule has 5 heteroatoms. The summed E-state index contributed by atoms with van der Waals surface area (Å²) in [4.78, 5) is 25.6. The van der Waals surface area contributed by atoms with Crippen LogP contribution in [0.3, 0.4) is 0 Å². The first kappa shape index (κ1) is 21.7. The number of ether oxygens (including phenoxy) is 1. The number of carbonyl (C=O) groups is 2. The van der Waals surface area contributed by atoms with E-state index in [0.29, 0.717) is 17.7 Å². The average molecular weight is 420 g/mol. The van der Waals surface area contributed by atoms with Gasteiger partial charge in [0.25, 0.3) is 5.91 Å². The molecule has 1 N–H and O–H groups in total. The molecule has 3 rings (SSSR count). The zero-order valence-electron chi connectivity index (χ0n) is 16.9. The summed E-state index contributed by atoms with van der Waals surface area (Å²) in [6, 6.07) is 26.1. The van der Waals surface area contributed by atoms with Gasteiger partial charge < -0.3 is 10.1 Å². The Balaban J connectivity index is 1.65. The molecule has 0 saturated carbocycles. The summed E-state index contributed by atoms with van der Waals surface area (Å²) in [5.41, 5.74) is 2.73. The van der Waals surface area contributed by atoms with Gasteiger partial charge in [0.05, 0.1) is 13.2 Å². The van der Waals surface area contributed by atoms with Crippen molar-refractivity contribution in [1.29, 1.82) is 0 Å². The van der Waals surface area contributed by atoms with Gasteiger partial charge in [-0.05, 0) is 48.2 Å². The fourth-order valence-electron chi connectivity index (χ4n) is 3.01. The molecule has 1 unspecified atom stereocenters. The monoisotopic (exact) mass is 419 g/mol. The van der Waals surface area contributed by atoms with Crippen molar-refractivity contribution in [1.82, 2.24) is 5.32 Å². The first-order valence-electron chi connectivity index (χ1n) is 9.85. The molecule has 0 aliphatic rings. The molecule has 0 aromatic heterocycles. The second kappa shape index (κ2) is 11.2. The highest BCUT2D eigenvalue weighted by Crippen LogP contribution is 2.20. The quantitative estimate of drug-likeness (QED) is 0.537. The van der Waals surface area contributed by atoms with Crippen LogP contribution >= 0.6 is 11.8 Å². The lowest BCUT2D eigenvalue weighted by Crippen LogP contribution is -2.40. The number of amides is 1. The molecule has 0 bridgehead atoms. The lowest BCUT2D eigenvalue weighted by molar-refractivity contribution is -0.112. The molecule has 4 nitrogen and oxygen atoms in total. The van der Waals surface area contributed by atoms with E-state index in [1.165, 1.54) is 11.8 Å². The maximum Gasteiger partial charge on any atom is 0.251 e. The number of nitrogens with one attached hydrogen (secondary N) is 1. The normalized spacial score (nSPS) is 11.5. The number of rotatable bonds is 9. The van der Waals surface area contributed by atoms with Crippen LogP contribution in [0, 0.1) is 0 Å². The highest BCUT2D eigenvalue weighted by atomic mass is 32.2. The van der Waals surface area contributed by atoms with Crippen LogP contribution < -0.4 is 10.1 Å². The fraction of sp³-hybridized carbons (Fsp3) is 0.200. The minimum Gasteiger partial charge on any atom is -0.497 e. The van der Waals surface area contributed by atoms with Gasteiger partial charge in [0.1, 0.15) is 5.75 Å². The molecule has 0 spiro atoms. The highest BCUT2D eigenvalue weighted by Gasteiger charge is 2.22. The Morgan fingerprint density at radius 1 is 0.867 bits per heavy atom. The van der Waals surface area contributed by atoms with Crippen LogP contribution in [0.4, 0.5) is 0 Å². The SMILES string of the molecule is COc1ccc(CSC(=O)C(CCc2ccccc2)NC(=O)c2ccccc2)cc1. The number of aryl methyl sites for hydroxylation is 1. The Hall–Kier alpha value is -3.05. The average Bonchev–Trinajstić information content (AvgIpc) is 2.81. The first-order valence-corrected chi connectivity index (χ1v) is 10.8. The summed E-state index contributed by atoms with van der Waals surface area (Å²) in [6.07, 6.45) is 1.27. The number of hydrogen-bond donors (Lipinski definition) is 1. The lowest BCUT2D eigenvalue weighted by atomic mass is 10.1. The van der Waals surface area contributed by atoms with Gasteiger partial charge in [-0.25, -0.2) is 0 Å². The van der Waals surface area contributed by atoms with E-state index in [9.17, 15) is 9.59 Å². The van der Waals surface area contributed by atoms with Gasteiger partial charge in [-0.15, -0.1) is 0 Å². The summed E-state index contributed by atoms with van der Waals surface area (Å²) in [5, 5.41) is 2.89. The van der Waals surface area contributed by atoms with Crippen LogP contribution in [-0.4, -0.2) is 24.2 Å². The maximum atomic E-state index is 13.0. The number of carbonyl (C=O) groups excluding carboxylic acids is 2. The van der Waals surface area contributed by atoms with Crippen molar-refractivity contribution in [2.24, 2.45) is 0 Å². The number of benzene rings is 3. The molecule has 0 aliphatic carbocycles. The van der Waals surface area contributed by atoms with Gasteiger partial charge in [-0.1, -0.05) is 72.4 Å². The largest absolute Gasteiger partial charge is 0.497 e. The summed E-state index contributed by atoms with van der Waals surface area (Å²) < 4.78 is 5.17. The van der Waals surface area contributed by atoms with Crippen LogP contribution in [0.5, 0.6) is 5.75 Å². The molecule has 1 amide bonds. The van der Waals surface area contributed by atoms with Gasteiger partial charge in [0.2, 0.25) is 5.12 Å². The molecule has 0 saturated heterocycles. The van der Waals surface area contributed by atoms with E-state index in [0.717, 1.165) is 23.3 Å². The Bertz CT molecular complexity index is 943. The minimum atomic E-state index is -0.554. The molecule has 0 aliphatic heterocycles. The molecule has 154 valence electrons. The van der Waals surface area contributed by atoms with E-state index in [1.807, 2.05) is 72.8 Å². The van der Waals surface area contributed by atoms with Gasteiger partial charge >= 0.3 is 0 Å². The van der Waals surface area contributed by atoms with Gasteiger partial charge in [0.15, 0.2) is 0 Å². The van der Waals surface area contributed by atoms with E-state index >= 15 is 0 Å². The van der Waals surface area contributed by atoms with Crippen molar-refractivity contribution in [3.63, 3.8) is 0 Å². The van der Waals surface area contributed by atoms with Crippen LogP contribution in [-0.2, 0) is 17.0 Å². The second-order valence-electron chi connectivity index (χ2n) is 6.87. The molecular formula is C25H25NO3S. The third kappa shape index (κ3) is 6.49. The fourth-order valence-corrected chi connectivity index (χ4v) is 3.89. The topological polar surface area (TPSA) is 55.4 Å². The lowest BCUT2D eigenvalue weighted by Gasteiger charge is -2.17. The number of hydrogen-bond acceptors (Lipinski definition) is 4. The molecule has 3 aromatic carbocycles. The summed E-state index contributed by atoms with van der Waals surface area (Å²) in [7, 11) is 1.63. The van der Waals surface area contributed by atoms with Crippen molar-refractivity contribution in [3.05, 3.63) is 102 Å². The molecule has 30 heavy (non-hydrogen) atoms. The van der Waals surface area contributed by atoms with Crippen molar-refractivity contribution >= 4 is 22.8 Å². The van der Waals surface area contributed by atoms with Gasteiger partial charge in [-0.3, -0.25) is 9.59 Å². The predicted octanol–water partition coefficient (Wildman–Crippen LogP) is 4.89. The first-order chi connectivity index (χ1) is 14.7. The Morgan fingerprint density at radius 3 is 2.13 bits per heavy atom. The van der Waals surface area contributed by atoms with E-state index in [1.54, 1.807) is 19.2 Å². The van der Waals surface area contributed by atoms with E-state index < -0.39 is 6.04 Å². The van der Waals surface area contributed by atoms with Crippen molar-refractivity contribution < 1.29 is 14.3 Å². The molecule has 0 fully saturated rings. The van der Waals surface area contributed by atoms with E-state index in [-0.39, 0.29) is 11.0 Å². The Labute approximate surface area is 181 Å². The summed E-state index contributed by atoms with van der Waals surface area (Å²) in [6.45, 7) is 0. The van der Waals surface area contributed by atoms with Crippen molar-refractivity contribution in [2.45, 2.75) is 24.6 Å². The van der Waals surface area contributed by atoms with Gasteiger partial charge in [-0.2, -0.15) is 0 Å². The minimum absolute atomic E-state index is 0.0361. The van der Waals surface area contributed by atoms with Gasteiger partial charge in [0, 0.05) is 11.3 Å². The molecule has 0 radical (unpaired) electrons. The zero-order valence-corrected chi connectivity index (χ0v) is 17.7. The third-order valence-electron chi connectivity index (χ3n) is 4.73. The summed E-state index contributed by atoms with van der Waals surface area (Å²) in [5.74, 6) is 1.10. The summed E-state index contributed by atoms with van der Waals surface area (Å²) >= 11 is 1.23. The van der Waals surface area contributed by atoms with Crippen LogP contribution in [0.2, 0.25) is 0 Å². The molecular weight excluding hydrogens is 394 g/mol. The van der Waals surface area contributed by atoms with E-state index in [2.05, 4.69) is 5.32 Å². The van der Waals surface area contributed by atoms with Crippen LogP contribution in [0.15, 0.2) is 84.9 Å². The Kier molecular flexibility index (Phi) is 8.10. The zero-order chi connectivity index (χ0) is 21.2. The van der Waals surface area contributed by atoms with Crippen molar-refractivity contribution in [3.8, 4) is 5.75 Å². The number of thioether (sulfide) groups is 1. The Morgan fingerprint density at radius 2 is 1.50 bits per heavy atom. The van der Waals surface area contributed by atoms with E-state index in [4.69, 9.17) is 4.74 Å². The standard InChI is InChI=1S/C25H25NO3S/c1-29-22-15-12-20(13-16-22)18-30-25(28)23(17-14-19-8-4-2-5-9-19)26-24(27)21-10-6-3-7-11-21/h2-13,15-16,23H,14,17-18H2,1H3,(H,26,27). The smallest absolute Gasteiger partial charge is 0.251 e. The maximum absolute atomic E-state index is 13.0. The van der Waals surface area contributed by atoms with Crippen LogP contribution in [0.25, 0.3) is 0 Å². The second-order valence-corrected chi connectivity index (χ2v) is 7.85.